The van der Waals surface area contributed by atoms with Crippen LogP contribution in [0.1, 0.15) is 35.7 Å². The highest BCUT2D eigenvalue weighted by Gasteiger charge is 2.40. The van der Waals surface area contributed by atoms with Gasteiger partial charge in [0, 0.05) is 26.2 Å². The molecule has 5 rings (SSSR count). The number of fused-ring (bicyclic) bond motifs is 1. The molecule has 9 nitrogen and oxygen atoms in total. The van der Waals surface area contributed by atoms with Crippen molar-refractivity contribution in [2.75, 3.05) is 32.7 Å². The molecule has 3 aromatic rings. The van der Waals surface area contributed by atoms with Crippen LogP contribution < -0.4 is 16.6 Å². The van der Waals surface area contributed by atoms with E-state index < -0.39 is 28.5 Å². The highest BCUT2D eigenvalue weighted by atomic mass is 19.1. The summed E-state index contributed by atoms with van der Waals surface area (Å²) in [4.78, 5) is 56.4. The summed E-state index contributed by atoms with van der Waals surface area (Å²) in [7, 11) is 0. The van der Waals surface area contributed by atoms with Crippen LogP contribution in [0.2, 0.25) is 0 Å². The van der Waals surface area contributed by atoms with E-state index in [1.807, 2.05) is 6.92 Å². The molecule has 0 aliphatic carbocycles. The highest BCUT2D eigenvalue weighted by molar-refractivity contribution is 5.95. The van der Waals surface area contributed by atoms with Crippen LogP contribution >= 0.6 is 0 Å². The number of rotatable bonds is 4. The third-order valence-electron chi connectivity index (χ3n) is 7.20. The van der Waals surface area contributed by atoms with Gasteiger partial charge in [0.1, 0.15) is 5.82 Å². The fraction of sp³-hybridized carbons (Fsp3) is 0.385. The van der Waals surface area contributed by atoms with E-state index in [4.69, 9.17) is 0 Å². The normalized spacial score (nSPS) is 20.2. The van der Waals surface area contributed by atoms with Gasteiger partial charge in [0.25, 0.3) is 11.5 Å². The van der Waals surface area contributed by atoms with Gasteiger partial charge >= 0.3 is 5.69 Å². The largest absolute Gasteiger partial charge is 0.338 e. The number of halogens is 1. The van der Waals surface area contributed by atoms with Crippen molar-refractivity contribution in [1.29, 1.82) is 0 Å². The Kier molecular flexibility index (Phi) is 6.21. The number of para-hydroxylation sites is 1. The molecule has 2 N–H and O–H groups in total. The maximum atomic E-state index is 14.7. The molecule has 1 atom stereocenters. The maximum Gasteiger partial charge on any atom is 0.329 e. The zero-order chi connectivity index (χ0) is 25.4. The predicted molar refractivity (Wildman–Crippen MR) is 132 cm³/mol. The first kappa shape index (κ1) is 23.9. The minimum atomic E-state index is -0.649. The lowest BCUT2D eigenvalue weighted by molar-refractivity contribution is -0.138. The number of aromatic amines is 1. The number of piperazine rings is 1. The van der Waals surface area contributed by atoms with Gasteiger partial charge in [-0.15, -0.1) is 0 Å². The Balaban J connectivity index is 1.34. The second-order valence-corrected chi connectivity index (χ2v) is 9.62. The molecule has 2 aliphatic heterocycles. The fourth-order valence-electron chi connectivity index (χ4n) is 5.13. The smallest absolute Gasteiger partial charge is 0.329 e. The number of nitrogens with one attached hydrogen (secondary N) is 2. The van der Waals surface area contributed by atoms with Gasteiger partial charge < -0.3 is 15.1 Å². The van der Waals surface area contributed by atoms with Crippen molar-refractivity contribution in [2.45, 2.75) is 31.8 Å². The second kappa shape index (κ2) is 9.34. The van der Waals surface area contributed by atoms with E-state index in [-0.39, 0.29) is 18.0 Å². The number of hydrogen-bond acceptors (Lipinski definition) is 5. The summed E-state index contributed by atoms with van der Waals surface area (Å²) in [5.41, 5.74) is -0.697. The van der Waals surface area contributed by atoms with E-state index in [0.29, 0.717) is 42.6 Å². The van der Waals surface area contributed by atoms with Crippen molar-refractivity contribution in [2.24, 2.45) is 0 Å². The van der Waals surface area contributed by atoms with E-state index in [1.54, 1.807) is 34.1 Å². The predicted octanol–water partition coefficient (Wildman–Crippen LogP) is 1.30. The fourth-order valence-corrected chi connectivity index (χ4v) is 5.13. The molecule has 2 aromatic carbocycles. The Morgan fingerprint density at radius 1 is 1.03 bits per heavy atom. The molecule has 2 fully saturated rings. The first-order chi connectivity index (χ1) is 17.3. The van der Waals surface area contributed by atoms with Crippen LogP contribution in [0, 0.1) is 5.82 Å². The van der Waals surface area contributed by atoms with Gasteiger partial charge in [-0.2, -0.15) is 0 Å². The van der Waals surface area contributed by atoms with E-state index in [1.165, 1.54) is 22.8 Å². The molecule has 0 radical (unpaired) electrons. The molecule has 0 spiro atoms. The highest BCUT2D eigenvalue weighted by Crippen LogP contribution is 2.23. The van der Waals surface area contributed by atoms with Gasteiger partial charge in [0.05, 0.1) is 28.6 Å². The monoisotopic (exact) mass is 493 g/mol. The van der Waals surface area contributed by atoms with Crippen LogP contribution in [0.25, 0.3) is 10.9 Å². The number of nitrogens with zero attached hydrogens (tertiary/aromatic N) is 3. The lowest BCUT2D eigenvalue weighted by Crippen LogP contribution is -2.58. The van der Waals surface area contributed by atoms with Crippen molar-refractivity contribution in [3.05, 3.63) is 80.2 Å². The lowest BCUT2D eigenvalue weighted by atomic mass is 9.98. The molecule has 10 heteroatoms. The molecule has 1 aromatic heterocycles. The minimum absolute atomic E-state index is 0.0406. The van der Waals surface area contributed by atoms with Crippen LogP contribution in [0.5, 0.6) is 0 Å². The Bertz CT molecular complexity index is 1450. The molecule has 188 valence electrons. The van der Waals surface area contributed by atoms with Crippen molar-refractivity contribution in [3.8, 4) is 0 Å². The average molecular weight is 494 g/mol. The van der Waals surface area contributed by atoms with E-state index >= 15 is 0 Å². The van der Waals surface area contributed by atoms with E-state index in [9.17, 15) is 23.6 Å². The van der Waals surface area contributed by atoms with E-state index in [0.717, 1.165) is 19.4 Å². The quantitative estimate of drug-likeness (QED) is 0.570. The van der Waals surface area contributed by atoms with Gasteiger partial charge in [-0.3, -0.25) is 23.9 Å². The topological polar surface area (TPSA) is 108 Å². The van der Waals surface area contributed by atoms with Crippen molar-refractivity contribution < 1.29 is 14.0 Å². The summed E-state index contributed by atoms with van der Waals surface area (Å²) < 4.78 is 16.1. The van der Waals surface area contributed by atoms with Crippen LogP contribution in [0.15, 0.2) is 52.1 Å². The number of benzene rings is 2. The van der Waals surface area contributed by atoms with Gasteiger partial charge in [-0.25, -0.2) is 9.18 Å². The number of carbonyl (C=O) groups is 2. The van der Waals surface area contributed by atoms with Gasteiger partial charge in [-0.1, -0.05) is 18.2 Å². The second-order valence-electron chi connectivity index (χ2n) is 9.62. The molecule has 36 heavy (non-hydrogen) atoms. The SMILES string of the molecule is CC1(C(=O)N2CCN(C(=O)c3cc(Cn4c(=O)[nH]c(=O)c5ccccc54)ccc3F)CC2)CCCN1. The molecule has 1 unspecified atom stereocenters. The number of aromatic nitrogens is 2. The molecule has 2 saturated heterocycles. The molecular weight excluding hydrogens is 465 g/mol. The first-order valence-electron chi connectivity index (χ1n) is 12.1. The maximum absolute atomic E-state index is 14.7. The first-order valence-corrected chi connectivity index (χ1v) is 12.1. The van der Waals surface area contributed by atoms with Crippen molar-refractivity contribution in [1.82, 2.24) is 24.7 Å². The number of hydrogen-bond donors (Lipinski definition) is 2. The molecule has 0 bridgehead atoms. The summed E-state index contributed by atoms with van der Waals surface area (Å²) in [5.74, 6) is -1.06. The summed E-state index contributed by atoms with van der Waals surface area (Å²) >= 11 is 0. The molecule has 2 aliphatic rings. The van der Waals surface area contributed by atoms with Crippen LogP contribution in [0.4, 0.5) is 4.39 Å². The third kappa shape index (κ3) is 4.32. The third-order valence-corrected chi connectivity index (χ3v) is 7.20. The standard InChI is InChI=1S/C26H28FN5O4/c1-26(9-4-10-28-26)24(35)31-13-11-30(12-14-31)23(34)19-15-17(7-8-20(19)27)16-32-21-6-3-2-5-18(21)22(33)29-25(32)36/h2-3,5-8,15,28H,4,9-14,16H2,1H3,(H,29,33,36). The summed E-state index contributed by atoms with van der Waals surface area (Å²) in [6.45, 7) is 4.20. The average Bonchev–Trinajstić information content (AvgIpc) is 3.34. The molecular formula is C26H28FN5O4. The Morgan fingerprint density at radius 3 is 2.47 bits per heavy atom. The summed E-state index contributed by atoms with van der Waals surface area (Å²) in [6.07, 6.45) is 1.74. The zero-order valence-corrected chi connectivity index (χ0v) is 20.1. The number of amides is 2. The Labute approximate surface area is 206 Å². The summed E-state index contributed by atoms with van der Waals surface area (Å²) in [5, 5.41) is 3.64. The van der Waals surface area contributed by atoms with E-state index in [2.05, 4.69) is 10.3 Å². The summed E-state index contributed by atoms with van der Waals surface area (Å²) in [6, 6.07) is 10.9. The lowest BCUT2D eigenvalue weighted by Gasteiger charge is -2.38. The van der Waals surface area contributed by atoms with Crippen molar-refractivity contribution in [3.63, 3.8) is 0 Å². The molecule has 2 amide bonds. The molecule has 3 heterocycles. The van der Waals surface area contributed by atoms with Crippen LogP contribution in [0.3, 0.4) is 0 Å². The minimum Gasteiger partial charge on any atom is -0.338 e. The van der Waals surface area contributed by atoms with Crippen LogP contribution in [-0.2, 0) is 11.3 Å². The molecule has 0 saturated carbocycles. The van der Waals surface area contributed by atoms with Gasteiger partial charge in [0.2, 0.25) is 5.91 Å². The zero-order valence-electron chi connectivity index (χ0n) is 20.1. The van der Waals surface area contributed by atoms with Crippen molar-refractivity contribution >= 4 is 22.7 Å². The van der Waals surface area contributed by atoms with Gasteiger partial charge in [-0.05, 0) is 56.1 Å². The Morgan fingerprint density at radius 2 is 1.75 bits per heavy atom. The van der Waals surface area contributed by atoms with Crippen LogP contribution in [-0.4, -0.2) is 69.4 Å². The van der Waals surface area contributed by atoms with Gasteiger partial charge in [0.15, 0.2) is 0 Å². The number of carbonyl (C=O) groups excluding carboxylic acids is 2. The number of H-pyrrole nitrogens is 1. The Hall–Kier alpha value is -3.79.